The van der Waals surface area contributed by atoms with Gasteiger partial charge in [0.15, 0.2) is 0 Å². The lowest BCUT2D eigenvalue weighted by Crippen LogP contribution is -2.11. The smallest absolute Gasteiger partial charge is 0.117 e. The summed E-state index contributed by atoms with van der Waals surface area (Å²) < 4.78 is 0. The van der Waals surface area contributed by atoms with Gasteiger partial charge in [-0.3, -0.25) is 0 Å². The van der Waals surface area contributed by atoms with Crippen molar-refractivity contribution in [3.8, 4) is 0 Å². The molecule has 1 rings (SSSR count). The standard InChI is InChI=1S/C8H11N2/c1-8(2,3)7-4-5-9-10-6-7/h4-5H,1-3H3. The van der Waals surface area contributed by atoms with E-state index in [9.17, 15) is 0 Å². The van der Waals surface area contributed by atoms with Crippen LogP contribution >= 0.6 is 0 Å². The largest absolute Gasteiger partial charge is 0.158 e. The number of rotatable bonds is 0. The zero-order chi connectivity index (χ0) is 7.61. The maximum absolute atomic E-state index is 3.68. The summed E-state index contributed by atoms with van der Waals surface area (Å²) in [6, 6.07) is 1.94. The highest BCUT2D eigenvalue weighted by Crippen LogP contribution is 2.18. The Hall–Kier alpha value is -0.920. The zero-order valence-corrected chi connectivity index (χ0v) is 6.55. The Morgan fingerprint density at radius 3 is 2.40 bits per heavy atom. The minimum Gasteiger partial charge on any atom is -0.158 e. The molecule has 0 amide bonds. The van der Waals surface area contributed by atoms with Crippen molar-refractivity contribution in [2.75, 3.05) is 0 Å². The van der Waals surface area contributed by atoms with E-state index in [-0.39, 0.29) is 5.41 Å². The van der Waals surface area contributed by atoms with Gasteiger partial charge >= 0.3 is 0 Å². The Kier molecular flexibility index (Phi) is 1.70. The van der Waals surface area contributed by atoms with Crippen LogP contribution in [0.3, 0.4) is 0 Å². The minimum atomic E-state index is 0.135. The van der Waals surface area contributed by atoms with Gasteiger partial charge in [-0.1, -0.05) is 20.8 Å². The summed E-state index contributed by atoms with van der Waals surface area (Å²) in [7, 11) is 0. The van der Waals surface area contributed by atoms with Crippen LogP contribution in [0.1, 0.15) is 26.3 Å². The van der Waals surface area contributed by atoms with E-state index < -0.39 is 0 Å². The first-order valence-electron chi connectivity index (χ1n) is 3.30. The quantitative estimate of drug-likeness (QED) is 0.539. The molecule has 0 aliphatic rings. The van der Waals surface area contributed by atoms with E-state index in [1.54, 1.807) is 6.20 Å². The van der Waals surface area contributed by atoms with Crippen LogP contribution in [0.2, 0.25) is 0 Å². The van der Waals surface area contributed by atoms with E-state index in [4.69, 9.17) is 0 Å². The molecule has 53 valence electrons. The molecule has 1 aromatic heterocycles. The molecule has 0 aliphatic carbocycles. The van der Waals surface area contributed by atoms with Gasteiger partial charge in [0.25, 0.3) is 0 Å². The fourth-order valence-electron chi connectivity index (χ4n) is 0.679. The summed E-state index contributed by atoms with van der Waals surface area (Å²) in [5.41, 5.74) is 1.23. The van der Waals surface area contributed by atoms with Crippen molar-refractivity contribution < 1.29 is 0 Å². The maximum atomic E-state index is 3.68. The molecular formula is C8H11N2. The van der Waals surface area contributed by atoms with E-state index in [1.807, 2.05) is 6.07 Å². The second-order valence-corrected chi connectivity index (χ2v) is 3.31. The molecule has 1 heterocycles. The third kappa shape index (κ3) is 1.53. The van der Waals surface area contributed by atoms with Crippen LogP contribution in [-0.4, -0.2) is 10.2 Å². The monoisotopic (exact) mass is 135 g/mol. The molecule has 0 fully saturated rings. The molecule has 1 aromatic rings. The summed E-state index contributed by atoms with van der Waals surface area (Å²) in [5.74, 6) is 0. The number of hydrogen-bond donors (Lipinski definition) is 0. The fraction of sp³-hybridized carbons (Fsp3) is 0.500. The van der Waals surface area contributed by atoms with Gasteiger partial charge in [-0.2, -0.15) is 5.10 Å². The predicted octanol–water partition coefficient (Wildman–Crippen LogP) is 1.57. The third-order valence-corrected chi connectivity index (χ3v) is 1.34. The first kappa shape index (κ1) is 7.19. The second kappa shape index (κ2) is 2.37. The van der Waals surface area contributed by atoms with Gasteiger partial charge in [-0.25, -0.2) is 0 Å². The van der Waals surface area contributed by atoms with E-state index >= 15 is 0 Å². The van der Waals surface area contributed by atoms with Gasteiger partial charge in [-0.05, 0) is 17.0 Å². The normalized spacial score (nSPS) is 11.5. The molecule has 0 spiro atoms. The molecule has 2 heteroatoms. The highest BCUT2D eigenvalue weighted by molar-refractivity contribution is 5.14. The number of nitrogens with zero attached hydrogens (tertiary/aromatic N) is 2. The van der Waals surface area contributed by atoms with Gasteiger partial charge in [0.1, 0.15) is 6.20 Å². The first-order valence-corrected chi connectivity index (χ1v) is 3.30. The minimum absolute atomic E-state index is 0.135. The molecule has 0 N–H and O–H groups in total. The Morgan fingerprint density at radius 1 is 1.40 bits per heavy atom. The van der Waals surface area contributed by atoms with Gasteiger partial charge in [0, 0.05) is 6.20 Å². The van der Waals surface area contributed by atoms with Gasteiger partial charge in [-0.15, -0.1) is 5.10 Å². The summed E-state index contributed by atoms with van der Waals surface area (Å²) in [6.07, 6.45) is 4.54. The van der Waals surface area contributed by atoms with Crippen molar-refractivity contribution in [3.05, 3.63) is 24.0 Å². The topological polar surface area (TPSA) is 25.8 Å². The summed E-state index contributed by atoms with van der Waals surface area (Å²) in [5, 5.41) is 7.33. The summed E-state index contributed by atoms with van der Waals surface area (Å²) >= 11 is 0. The number of aromatic nitrogens is 2. The molecule has 2 nitrogen and oxygen atoms in total. The van der Waals surface area contributed by atoms with Crippen LogP contribution in [-0.2, 0) is 5.41 Å². The third-order valence-electron chi connectivity index (χ3n) is 1.34. The van der Waals surface area contributed by atoms with E-state index in [2.05, 4.69) is 37.2 Å². The number of hydrogen-bond acceptors (Lipinski definition) is 2. The van der Waals surface area contributed by atoms with Crippen molar-refractivity contribution in [1.29, 1.82) is 0 Å². The molecular weight excluding hydrogens is 124 g/mol. The van der Waals surface area contributed by atoms with E-state index in [0.29, 0.717) is 0 Å². The molecule has 0 atom stereocenters. The van der Waals surface area contributed by atoms with Crippen molar-refractivity contribution in [2.45, 2.75) is 26.2 Å². The average molecular weight is 135 g/mol. The van der Waals surface area contributed by atoms with Crippen LogP contribution in [0.15, 0.2) is 12.3 Å². The van der Waals surface area contributed by atoms with Gasteiger partial charge < -0.3 is 0 Å². The first-order chi connectivity index (χ1) is 4.61. The van der Waals surface area contributed by atoms with Crippen LogP contribution in [0.5, 0.6) is 0 Å². The molecule has 0 aromatic carbocycles. The molecule has 0 saturated heterocycles. The lowest BCUT2D eigenvalue weighted by atomic mass is 9.89. The van der Waals surface area contributed by atoms with Crippen LogP contribution < -0.4 is 0 Å². The Labute approximate surface area is 61.3 Å². The SMILES string of the molecule is CC(C)(C)c1[c]nncc1. The fourth-order valence-corrected chi connectivity index (χ4v) is 0.679. The lowest BCUT2D eigenvalue weighted by Gasteiger charge is -2.16. The van der Waals surface area contributed by atoms with Gasteiger partial charge in [0.2, 0.25) is 0 Å². The molecule has 0 unspecified atom stereocenters. The molecule has 1 radical (unpaired) electrons. The Balaban J connectivity index is 2.97. The second-order valence-electron chi connectivity index (χ2n) is 3.31. The van der Waals surface area contributed by atoms with Crippen LogP contribution in [0.25, 0.3) is 0 Å². The summed E-state index contributed by atoms with van der Waals surface area (Å²) in [4.78, 5) is 0. The van der Waals surface area contributed by atoms with Crippen LogP contribution in [0, 0.1) is 6.20 Å². The average Bonchev–Trinajstić information content (AvgIpc) is 1.88. The highest BCUT2D eigenvalue weighted by Gasteiger charge is 2.13. The Morgan fingerprint density at radius 2 is 2.10 bits per heavy atom. The molecule has 0 aliphatic heterocycles. The van der Waals surface area contributed by atoms with Crippen molar-refractivity contribution in [3.63, 3.8) is 0 Å². The lowest BCUT2D eigenvalue weighted by molar-refractivity contribution is 0.583. The zero-order valence-electron chi connectivity index (χ0n) is 6.55. The predicted molar refractivity (Wildman–Crippen MR) is 39.6 cm³/mol. The molecule has 0 bridgehead atoms. The van der Waals surface area contributed by atoms with Crippen molar-refractivity contribution >= 4 is 0 Å². The molecule has 0 saturated carbocycles. The van der Waals surface area contributed by atoms with Crippen molar-refractivity contribution in [2.24, 2.45) is 0 Å². The maximum Gasteiger partial charge on any atom is 0.117 e. The summed E-state index contributed by atoms with van der Waals surface area (Å²) in [6.45, 7) is 6.38. The Bertz CT molecular complexity index is 198. The van der Waals surface area contributed by atoms with Crippen molar-refractivity contribution in [1.82, 2.24) is 10.2 Å². The molecule has 10 heavy (non-hydrogen) atoms. The van der Waals surface area contributed by atoms with E-state index in [1.165, 1.54) is 0 Å². The van der Waals surface area contributed by atoms with E-state index in [0.717, 1.165) is 5.56 Å². The van der Waals surface area contributed by atoms with Gasteiger partial charge in [0.05, 0.1) is 0 Å². The van der Waals surface area contributed by atoms with Crippen LogP contribution in [0.4, 0.5) is 0 Å². The highest BCUT2D eigenvalue weighted by atomic mass is 15.1.